The topological polar surface area (TPSA) is 70.2 Å². The van der Waals surface area contributed by atoms with Crippen molar-refractivity contribution in [3.8, 4) is 22.3 Å². The smallest absolute Gasteiger partial charge is 0.239 e. The number of hydrogen-bond acceptors (Lipinski definition) is 3. The van der Waals surface area contributed by atoms with E-state index >= 15 is 0 Å². The standard InChI is InChI=1S/C31H31N3O2/c1-32-30(35)22-34-31(36)29(20-23-12-16-27(17-13-23)25-8-4-2-5-9-25)33-21-24-14-18-28(19-15-24)26-10-6-3-7-11-26/h2-19,29,33H,20-22H2,1H3,(H,32,35)(H,34,36). The summed E-state index contributed by atoms with van der Waals surface area (Å²) in [6, 6.07) is 36.5. The summed E-state index contributed by atoms with van der Waals surface area (Å²) in [6.07, 6.45) is 0.511. The first kappa shape index (κ1) is 24.9. The normalized spacial score (nSPS) is 11.5. The highest BCUT2D eigenvalue weighted by atomic mass is 16.2. The molecule has 4 aromatic carbocycles. The van der Waals surface area contributed by atoms with E-state index in [1.807, 2.05) is 36.4 Å². The fourth-order valence-electron chi connectivity index (χ4n) is 4.02. The Labute approximate surface area is 212 Å². The van der Waals surface area contributed by atoms with Crippen LogP contribution >= 0.6 is 0 Å². The first-order valence-electron chi connectivity index (χ1n) is 12.1. The summed E-state index contributed by atoms with van der Waals surface area (Å²) in [5.74, 6) is -0.433. The fraction of sp³-hybridized carbons (Fsp3) is 0.161. The van der Waals surface area contributed by atoms with Crippen LogP contribution in [0.3, 0.4) is 0 Å². The van der Waals surface area contributed by atoms with Gasteiger partial charge in [0.2, 0.25) is 11.8 Å². The van der Waals surface area contributed by atoms with Crippen LogP contribution in [0.25, 0.3) is 22.3 Å². The van der Waals surface area contributed by atoms with Gasteiger partial charge in [0.1, 0.15) is 0 Å². The van der Waals surface area contributed by atoms with Crippen LogP contribution in [0.4, 0.5) is 0 Å². The van der Waals surface area contributed by atoms with Crippen molar-refractivity contribution in [1.29, 1.82) is 0 Å². The largest absolute Gasteiger partial charge is 0.358 e. The van der Waals surface area contributed by atoms with Crippen molar-refractivity contribution < 1.29 is 9.59 Å². The maximum Gasteiger partial charge on any atom is 0.239 e. The highest BCUT2D eigenvalue weighted by Gasteiger charge is 2.19. The average molecular weight is 478 g/mol. The van der Waals surface area contributed by atoms with E-state index in [2.05, 4.69) is 88.7 Å². The van der Waals surface area contributed by atoms with E-state index in [0.717, 1.165) is 27.8 Å². The third-order valence-corrected chi connectivity index (χ3v) is 6.13. The summed E-state index contributed by atoms with van der Waals surface area (Å²) >= 11 is 0. The zero-order valence-corrected chi connectivity index (χ0v) is 20.4. The molecule has 36 heavy (non-hydrogen) atoms. The molecular weight excluding hydrogens is 446 g/mol. The molecule has 1 unspecified atom stereocenters. The van der Waals surface area contributed by atoms with Crippen LogP contribution in [0.15, 0.2) is 109 Å². The van der Waals surface area contributed by atoms with E-state index in [0.29, 0.717) is 13.0 Å². The molecule has 0 fully saturated rings. The molecule has 3 N–H and O–H groups in total. The van der Waals surface area contributed by atoms with Crippen LogP contribution in [-0.2, 0) is 22.6 Å². The molecule has 5 nitrogen and oxygen atoms in total. The van der Waals surface area contributed by atoms with Crippen LogP contribution in [0.5, 0.6) is 0 Å². The van der Waals surface area contributed by atoms with Crippen LogP contribution in [0.2, 0.25) is 0 Å². The Bertz CT molecular complexity index is 1250. The Kier molecular flexibility index (Phi) is 8.62. The van der Waals surface area contributed by atoms with Crippen molar-refractivity contribution in [2.24, 2.45) is 0 Å². The molecule has 0 aromatic heterocycles. The lowest BCUT2D eigenvalue weighted by Gasteiger charge is -2.19. The number of likely N-dealkylation sites (N-methyl/N-ethyl adjacent to an activating group) is 1. The van der Waals surface area contributed by atoms with Crippen molar-refractivity contribution in [2.45, 2.75) is 19.0 Å². The molecule has 0 spiro atoms. The predicted molar refractivity (Wildman–Crippen MR) is 145 cm³/mol. The van der Waals surface area contributed by atoms with Crippen LogP contribution < -0.4 is 16.0 Å². The summed E-state index contributed by atoms with van der Waals surface area (Å²) < 4.78 is 0. The monoisotopic (exact) mass is 477 g/mol. The summed E-state index contributed by atoms with van der Waals surface area (Å²) in [7, 11) is 1.55. The predicted octanol–water partition coefficient (Wildman–Crippen LogP) is 4.58. The molecular formula is C31H31N3O2. The lowest BCUT2D eigenvalue weighted by atomic mass is 10.00. The van der Waals surface area contributed by atoms with E-state index in [1.165, 1.54) is 5.56 Å². The first-order chi connectivity index (χ1) is 17.6. The van der Waals surface area contributed by atoms with Gasteiger partial charge in [0, 0.05) is 13.6 Å². The minimum atomic E-state index is -0.481. The van der Waals surface area contributed by atoms with Gasteiger partial charge in [0.25, 0.3) is 0 Å². The molecule has 4 aromatic rings. The second-order valence-electron chi connectivity index (χ2n) is 8.65. The van der Waals surface area contributed by atoms with Gasteiger partial charge in [-0.1, -0.05) is 109 Å². The lowest BCUT2D eigenvalue weighted by molar-refractivity contribution is -0.127. The highest BCUT2D eigenvalue weighted by Crippen LogP contribution is 2.21. The Morgan fingerprint density at radius 1 is 0.639 bits per heavy atom. The summed E-state index contributed by atoms with van der Waals surface area (Å²) in [6.45, 7) is 0.488. The minimum Gasteiger partial charge on any atom is -0.358 e. The van der Waals surface area contributed by atoms with Crippen LogP contribution in [0, 0.1) is 0 Å². The highest BCUT2D eigenvalue weighted by molar-refractivity contribution is 5.87. The number of rotatable bonds is 10. The molecule has 0 radical (unpaired) electrons. The minimum absolute atomic E-state index is 0.0494. The van der Waals surface area contributed by atoms with Gasteiger partial charge in [-0.05, 0) is 39.8 Å². The summed E-state index contributed by atoms with van der Waals surface area (Å²) in [4.78, 5) is 24.6. The number of carbonyl (C=O) groups excluding carboxylic acids is 2. The zero-order valence-electron chi connectivity index (χ0n) is 20.4. The quantitative estimate of drug-likeness (QED) is 0.313. The molecule has 0 aliphatic rings. The van der Waals surface area contributed by atoms with Gasteiger partial charge in [-0.25, -0.2) is 0 Å². The maximum atomic E-state index is 13.0. The molecule has 0 bridgehead atoms. The van der Waals surface area contributed by atoms with Crippen molar-refractivity contribution >= 4 is 11.8 Å². The van der Waals surface area contributed by atoms with Gasteiger partial charge in [0.15, 0.2) is 0 Å². The maximum absolute atomic E-state index is 13.0. The molecule has 0 heterocycles. The van der Waals surface area contributed by atoms with Crippen LogP contribution in [0.1, 0.15) is 11.1 Å². The van der Waals surface area contributed by atoms with Crippen molar-refractivity contribution in [1.82, 2.24) is 16.0 Å². The van der Waals surface area contributed by atoms with Gasteiger partial charge in [0.05, 0.1) is 12.6 Å². The third-order valence-electron chi connectivity index (χ3n) is 6.13. The SMILES string of the molecule is CNC(=O)CNC(=O)C(Cc1ccc(-c2ccccc2)cc1)NCc1ccc(-c2ccccc2)cc1. The summed E-state index contributed by atoms with van der Waals surface area (Å²) in [5, 5.41) is 8.67. The van der Waals surface area contributed by atoms with E-state index in [4.69, 9.17) is 0 Å². The molecule has 0 aliphatic heterocycles. The van der Waals surface area contributed by atoms with Crippen molar-refractivity contribution in [2.75, 3.05) is 13.6 Å². The number of amides is 2. The van der Waals surface area contributed by atoms with Crippen molar-refractivity contribution in [3.05, 3.63) is 120 Å². The second kappa shape index (κ2) is 12.5. The Balaban J connectivity index is 1.43. The van der Waals surface area contributed by atoms with E-state index in [-0.39, 0.29) is 18.4 Å². The van der Waals surface area contributed by atoms with Gasteiger partial charge < -0.3 is 16.0 Å². The van der Waals surface area contributed by atoms with E-state index in [9.17, 15) is 9.59 Å². The molecule has 5 heteroatoms. The summed E-state index contributed by atoms with van der Waals surface area (Å²) in [5.41, 5.74) is 6.73. The number of nitrogens with one attached hydrogen (secondary N) is 3. The average Bonchev–Trinajstić information content (AvgIpc) is 2.95. The molecule has 0 saturated carbocycles. The van der Waals surface area contributed by atoms with Crippen LogP contribution in [-0.4, -0.2) is 31.4 Å². The molecule has 2 amide bonds. The third kappa shape index (κ3) is 6.90. The first-order valence-corrected chi connectivity index (χ1v) is 12.1. The molecule has 0 aliphatic carbocycles. The van der Waals surface area contributed by atoms with Gasteiger partial charge in [-0.3, -0.25) is 9.59 Å². The molecule has 182 valence electrons. The second-order valence-corrected chi connectivity index (χ2v) is 8.65. The number of carbonyl (C=O) groups is 2. The Morgan fingerprint density at radius 2 is 1.11 bits per heavy atom. The number of hydrogen-bond donors (Lipinski definition) is 3. The van der Waals surface area contributed by atoms with Gasteiger partial charge >= 0.3 is 0 Å². The van der Waals surface area contributed by atoms with Gasteiger partial charge in [-0.15, -0.1) is 0 Å². The lowest BCUT2D eigenvalue weighted by Crippen LogP contribution is -2.47. The zero-order chi connectivity index (χ0) is 25.2. The Morgan fingerprint density at radius 3 is 1.61 bits per heavy atom. The van der Waals surface area contributed by atoms with E-state index in [1.54, 1.807) is 7.05 Å². The number of benzene rings is 4. The fourth-order valence-corrected chi connectivity index (χ4v) is 4.02. The molecule has 0 saturated heterocycles. The molecule has 1 atom stereocenters. The van der Waals surface area contributed by atoms with Gasteiger partial charge in [-0.2, -0.15) is 0 Å². The Hall–Kier alpha value is -4.22. The molecule has 4 rings (SSSR count). The van der Waals surface area contributed by atoms with Crippen molar-refractivity contribution in [3.63, 3.8) is 0 Å². The van der Waals surface area contributed by atoms with E-state index < -0.39 is 6.04 Å².